The second-order valence-corrected chi connectivity index (χ2v) is 7.58. The van der Waals surface area contributed by atoms with E-state index in [0.717, 1.165) is 6.42 Å². The summed E-state index contributed by atoms with van der Waals surface area (Å²) in [4.78, 5) is 14.6. The van der Waals surface area contributed by atoms with Gasteiger partial charge in [-0.15, -0.1) is 15.3 Å². The lowest BCUT2D eigenvalue weighted by atomic mass is 9.95. The predicted octanol–water partition coefficient (Wildman–Crippen LogP) is 3.79. The van der Waals surface area contributed by atoms with Crippen LogP contribution in [0.3, 0.4) is 0 Å². The van der Waals surface area contributed by atoms with E-state index in [1.165, 1.54) is 6.07 Å². The molecular formula is C21H23F3N6O2. The van der Waals surface area contributed by atoms with Crippen LogP contribution in [0.2, 0.25) is 0 Å². The second kappa shape index (κ2) is 9.01. The fraction of sp³-hybridized carbons (Fsp3) is 0.429. The summed E-state index contributed by atoms with van der Waals surface area (Å²) >= 11 is 0. The minimum absolute atomic E-state index is 0.0271. The summed E-state index contributed by atoms with van der Waals surface area (Å²) in [6.45, 7) is 3.56. The van der Waals surface area contributed by atoms with E-state index in [-0.39, 0.29) is 17.5 Å². The molecule has 0 atom stereocenters. The van der Waals surface area contributed by atoms with Crippen molar-refractivity contribution < 1.29 is 22.7 Å². The van der Waals surface area contributed by atoms with Crippen molar-refractivity contribution in [3.63, 3.8) is 0 Å². The van der Waals surface area contributed by atoms with Crippen molar-refractivity contribution in [2.75, 3.05) is 29.9 Å². The lowest BCUT2D eigenvalue weighted by Gasteiger charge is -2.32. The average molecular weight is 448 g/mol. The minimum atomic E-state index is -4.65. The molecule has 0 unspecified atom stereocenters. The van der Waals surface area contributed by atoms with Gasteiger partial charge in [0.1, 0.15) is 11.6 Å². The van der Waals surface area contributed by atoms with Gasteiger partial charge in [0.15, 0.2) is 5.65 Å². The average Bonchev–Trinajstić information content (AvgIpc) is 3.22. The molecule has 0 aliphatic carbocycles. The third-order valence-corrected chi connectivity index (χ3v) is 5.30. The van der Waals surface area contributed by atoms with Crippen molar-refractivity contribution in [1.29, 1.82) is 0 Å². The Hall–Kier alpha value is -3.37. The molecule has 0 saturated carbocycles. The van der Waals surface area contributed by atoms with Crippen LogP contribution in [0.1, 0.15) is 32.0 Å². The van der Waals surface area contributed by atoms with Crippen LogP contribution in [0.15, 0.2) is 36.4 Å². The number of aromatic nitrogens is 4. The molecule has 11 heteroatoms. The van der Waals surface area contributed by atoms with E-state index in [9.17, 15) is 18.0 Å². The molecule has 1 N–H and O–H groups in total. The predicted molar refractivity (Wildman–Crippen MR) is 112 cm³/mol. The van der Waals surface area contributed by atoms with Gasteiger partial charge in [0, 0.05) is 19.0 Å². The number of piperidine rings is 1. The number of carbonyl (C=O) groups is 1. The van der Waals surface area contributed by atoms with E-state index < -0.39 is 12.0 Å². The number of nitrogens with one attached hydrogen (secondary N) is 1. The summed E-state index contributed by atoms with van der Waals surface area (Å²) in [5.74, 6) is -0.451. The molecule has 0 spiro atoms. The number of alkyl halides is 3. The summed E-state index contributed by atoms with van der Waals surface area (Å²) < 4.78 is 45.7. The Labute approximate surface area is 182 Å². The molecule has 0 bridgehead atoms. The van der Waals surface area contributed by atoms with Crippen molar-refractivity contribution >= 4 is 23.1 Å². The molecule has 2 aromatic heterocycles. The Morgan fingerprint density at radius 2 is 1.91 bits per heavy atom. The zero-order valence-electron chi connectivity index (χ0n) is 17.5. The number of hydrogen-bond acceptors (Lipinski definition) is 6. The highest BCUT2D eigenvalue weighted by atomic mass is 19.4. The molecule has 4 rings (SSSR count). The van der Waals surface area contributed by atoms with Crippen molar-refractivity contribution in [3.8, 4) is 5.75 Å². The van der Waals surface area contributed by atoms with E-state index >= 15 is 0 Å². The first-order valence-corrected chi connectivity index (χ1v) is 10.4. The van der Waals surface area contributed by atoms with Crippen molar-refractivity contribution in [2.24, 2.45) is 5.92 Å². The fourth-order valence-electron chi connectivity index (χ4n) is 3.64. The summed E-state index contributed by atoms with van der Waals surface area (Å²) in [7, 11) is 0. The first kappa shape index (κ1) is 21.8. The van der Waals surface area contributed by atoms with E-state index in [1.807, 2.05) is 30.0 Å². The van der Waals surface area contributed by atoms with E-state index in [2.05, 4.69) is 20.6 Å². The molecule has 1 aliphatic rings. The molecule has 1 fully saturated rings. The van der Waals surface area contributed by atoms with Crippen molar-refractivity contribution in [1.82, 2.24) is 19.8 Å². The largest absolute Gasteiger partial charge is 0.491 e. The van der Waals surface area contributed by atoms with Gasteiger partial charge in [-0.2, -0.15) is 17.7 Å². The number of halogens is 3. The van der Waals surface area contributed by atoms with Gasteiger partial charge in [0.25, 0.3) is 5.82 Å². The highest BCUT2D eigenvalue weighted by molar-refractivity contribution is 5.94. The Kier molecular flexibility index (Phi) is 6.15. The van der Waals surface area contributed by atoms with Crippen molar-refractivity contribution in [2.45, 2.75) is 32.4 Å². The number of amides is 1. The van der Waals surface area contributed by atoms with Gasteiger partial charge >= 0.3 is 6.18 Å². The van der Waals surface area contributed by atoms with Gasteiger partial charge < -0.3 is 15.0 Å². The number of benzene rings is 1. The Morgan fingerprint density at radius 1 is 1.16 bits per heavy atom. The summed E-state index contributed by atoms with van der Waals surface area (Å²) in [5, 5.41) is 13.7. The number of hydrogen-bond donors (Lipinski definition) is 1. The normalized spacial score (nSPS) is 15.2. The zero-order chi connectivity index (χ0) is 22.7. The van der Waals surface area contributed by atoms with Crippen LogP contribution in [0, 0.1) is 5.92 Å². The molecule has 1 aliphatic heterocycles. The molecule has 0 radical (unpaired) electrons. The first-order valence-electron chi connectivity index (χ1n) is 10.4. The monoisotopic (exact) mass is 448 g/mol. The summed E-state index contributed by atoms with van der Waals surface area (Å²) in [5.41, 5.74) is 0.659. The molecule has 1 aromatic carbocycles. The van der Waals surface area contributed by atoms with Gasteiger partial charge in [-0.1, -0.05) is 19.1 Å². The third-order valence-electron chi connectivity index (χ3n) is 5.30. The smallest absolute Gasteiger partial charge is 0.453 e. The summed E-state index contributed by atoms with van der Waals surface area (Å²) in [6.07, 6.45) is -2.68. The molecule has 32 heavy (non-hydrogen) atoms. The third kappa shape index (κ3) is 4.61. The van der Waals surface area contributed by atoms with Crippen molar-refractivity contribution in [3.05, 3.63) is 42.2 Å². The standard InChI is InChI=1S/C21H23F3N6O2/c1-2-13-32-16-6-4-3-5-15(16)25-19(31)14-9-11-29(12-10-14)18-8-7-17-26-27-20(21(22,23)24)30(17)28-18/h3-8,14H,2,9-13H2,1H3,(H,25,31). The van der Waals surface area contributed by atoms with E-state index in [1.54, 1.807) is 12.1 Å². The Bertz CT molecular complexity index is 1090. The molecule has 170 valence electrons. The summed E-state index contributed by atoms with van der Waals surface area (Å²) in [6, 6.07) is 10.4. The molecule has 8 nitrogen and oxygen atoms in total. The second-order valence-electron chi connectivity index (χ2n) is 7.58. The molecule has 1 saturated heterocycles. The van der Waals surface area contributed by atoms with Gasteiger partial charge in [-0.3, -0.25) is 4.79 Å². The van der Waals surface area contributed by atoms with Crippen LogP contribution in [-0.4, -0.2) is 45.4 Å². The topological polar surface area (TPSA) is 84.6 Å². The number of nitrogens with zero attached hydrogens (tertiary/aromatic N) is 5. The van der Waals surface area contributed by atoms with Gasteiger partial charge in [0.2, 0.25) is 5.91 Å². The first-order chi connectivity index (χ1) is 15.4. The lowest BCUT2D eigenvalue weighted by Crippen LogP contribution is -2.38. The van der Waals surface area contributed by atoms with Crippen LogP contribution in [-0.2, 0) is 11.0 Å². The number of carbonyl (C=O) groups excluding carboxylic acids is 1. The lowest BCUT2D eigenvalue weighted by molar-refractivity contribution is -0.146. The number of fused-ring (bicyclic) bond motifs is 1. The van der Waals surface area contributed by atoms with Gasteiger partial charge in [0.05, 0.1) is 12.3 Å². The van der Waals surface area contributed by atoms with Crippen LogP contribution in [0.5, 0.6) is 5.75 Å². The van der Waals surface area contributed by atoms with Gasteiger partial charge in [-0.05, 0) is 43.5 Å². The fourth-order valence-corrected chi connectivity index (χ4v) is 3.64. The van der Waals surface area contributed by atoms with Gasteiger partial charge in [-0.25, -0.2) is 0 Å². The van der Waals surface area contributed by atoms with Crippen LogP contribution in [0.25, 0.3) is 5.65 Å². The highest BCUT2D eigenvalue weighted by Crippen LogP contribution is 2.30. The molecular weight excluding hydrogens is 425 g/mol. The van der Waals surface area contributed by atoms with E-state index in [0.29, 0.717) is 54.3 Å². The maximum atomic E-state index is 13.1. The number of rotatable bonds is 6. The SMILES string of the molecule is CCCOc1ccccc1NC(=O)C1CCN(c2ccc3nnc(C(F)(F)F)n3n2)CC1. The van der Waals surface area contributed by atoms with Crippen LogP contribution >= 0.6 is 0 Å². The molecule has 1 amide bonds. The Morgan fingerprint density at radius 3 is 2.62 bits per heavy atom. The number of anilines is 2. The molecule has 3 heterocycles. The maximum absolute atomic E-state index is 13.1. The number of ether oxygens (including phenoxy) is 1. The maximum Gasteiger partial charge on any atom is 0.453 e. The van der Waals surface area contributed by atoms with E-state index in [4.69, 9.17) is 4.74 Å². The zero-order valence-corrected chi connectivity index (χ0v) is 17.5. The molecule has 3 aromatic rings. The van der Waals surface area contributed by atoms with Crippen LogP contribution in [0.4, 0.5) is 24.7 Å². The highest BCUT2D eigenvalue weighted by Gasteiger charge is 2.38. The minimum Gasteiger partial charge on any atom is -0.491 e. The number of para-hydroxylation sites is 2. The Balaban J connectivity index is 1.41. The van der Waals surface area contributed by atoms with Crippen LogP contribution < -0.4 is 15.0 Å². The quantitative estimate of drug-likeness (QED) is 0.618.